The molecule has 5 atom stereocenters. The Morgan fingerprint density at radius 2 is 1.76 bits per heavy atom. The van der Waals surface area contributed by atoms with Crippen molar-refractivity contribution >= 4 is 18.3 Å². The van der Waals surface area contributed by atoms with Gasteiger partial charge in [-0.1, -0.05) is 6.42 Å². The van der Waals surface area contributed by atoms with Crippen molar-refractivity contribution in [3.63, 3.8) is 0 Å². The molecule has 0 aromatic carbocycles. The third kappa shape index (κ3) is 2.82. The standard InChI is InChI=1S/C16H26N2O2.ClH/c17-15-9-2-1-3-10(15)7-11(6-9)16(19)18-13-8-12-4-5-14(13)20-12;/h9-15H,1-8,17H2,(H,18,19);1H. The summed E-state index contributed by atoms with van der Waals surface area (Å²) in [5.41, 5.74) is 6.31. The van der Waals surface area contributed by atoms with Crippen LogP contribution >= 0.6 is 12.4 Å². The van der Waals surface area contributed by atoms with Gasteiger partial charge in [-0.05, 0) is 56.8 Å². The Labute approximate surface area is 133 Å². The normalized spacial score (nSPS) is 47.8. The quantitative estimate of drug-likeness (QED) is 0.819. The number of halogens is 1. The van der Waals surface area contributed by atoms with Crippen molar-refractivity contribution in [1.82, 2.24) is 5.32 Å². The van der Waals surface area contributed by atoms with Crippen LogP contribution in [0, 0.1) is 17.8 Å². The van der Waals surface area contributed by atoms with Crippen LogP contribution in [-0.4, -0.2) is 30.2 Å². The molecule has 1 amide bonds. The van der Waals surface area contributed by atoms with Gasteiger partial charge in [0.15, 0.2) is 0 Å². The summed E-state index contributed by atoms with van der Waals surface area (Å²) >= 11 is 0. The Morgan fingerprint density at radius 3 is 2.33 bits per heavy atom. The monoisotopic (exact) mass is 314 g/mol. The number of fused-ring (bicyclic) bond motifs is 4. The number of hydrogen-bond donors (Lipinski definition) is 2. The molecule has 2 saturated carbocycles. The summed E-state index contributed by atoms with van der Waals surface area (Å²) in [6, 6.07) is 0.621. The Hall–Kier alpha value is -0.320. The highest BCUT2D eigenvalue weighted by atomic mass is 35.5. The molecule has 3 N–H and O–H groups in total. The second-order valence-electron chi connectivity index (χ2n) is 7.42. The molecule has 2 heterocycles. The lowest BCUT2D eigenvalue weighted by Gasteiger charge is -2.43. The molecule has 0 spiro atoms. The van der Waals surface area contributed by atoms with E-state index in [0.29, 0.717) is 24.0 Å². The zero-order valence-electron chi connectivity index (χ0n) is 12.5. The van der Waals surface area contributed by atoms with Gasteiger partial charge in [-0.2, -0.15) is 0 Å². The molecule has 2 saturated heterocycles. The molecule has 2 aliphatic heterocycles. The number of carbonyl (C=O) groups excluding carboxylic acids is 1. The average Bonchev–Trinajstić information content (AvgIpc) is 3.00. The minimum Gasteiger partial charge on any atom is -0.373 e. The Bertz CT molecular complexity index is 392. The third-order valence-electron chi connectivity index (χ3n) is 6.22. The molecule has 0 aromatic heterocycles. The topological polar surface area (TPSA) is 64.4 Å². The van der Waals surface area contributed by atoms with E-state index in [4.69, 9.17) is 10.5 Å². The number of rotatable bonds is 2. The first-order chi connectivity index (χ1) is 9.70. The van der Waals surface area contributed by atoms with E-state index in [0.717, 1.165) is 25.7 Å². The number of hydrogen-bond acceptors (Lipinski definition) is 3. The highest BCUT2D eigenvalue weighted by molar-refractivity contribution is 5.85. The van der Waals surface area contributed by atoms with Crippen LogP contribution in [0.25, 0.3) is 0 Å². The minimum absolute atomic E-state index is 0. The summed E-state index contributed by atoms with van der Waals surface area (Å²) in [5.74, 6) is 1.63. The summed E-state index contributed by atoms with van der Waals surface area (Å²) in [6.07, 6.45) is 9.77. The maximum Gasteiger partial charge on any atom is 0.223 e. The van der Waals surface area contributed by atoms with E-state index in [1.807, 2.05) is 0 Å². The van der Waals surface area contributed by atoms with E-state index in [9.17, 15) is 4.79 Å². The molecule has 5 heteroatoms. The van der Waals surface area contributed by atoms with Gasteiger partial charge in [0.25, 0.3) is 0 Å². The molecule has 5 unspecified atom stereocenters. The number of nitrogens with two attached hydrogens (primary N) is 1. The van der Waals surface area contributed by atoms with Gasteiger partial charge < -0.3 is 15.8 Å². The van der Waals surface area contributed by atoms with Crippen molar-refractivity contribution in [3.8, 4) is 0 Å². The van der Waals surface area contributed by atoms with Crippen LogP contribution in [0.5, 0.6) is 0 Å². The van der Waals surface area contributed by atoms with Gasteiger partial charge in [0, 0.05) is 12.0 Å². The lowest BCUT2D eigenvalue weighted by Crippen LogP contribution is -2.51. The van der Waals surface area contributed by atoms with Crippen molar-refractivity contribution in [3.05, 3.63) is 0 Å². The molecular formula is C16H27ClN2O2. The molecule has 21 heavy (non-hydrogen) atoms. The van der Waals surface area contributed by atoms with E-state index in [-0.39, 0.29) is 36.4 Å². The summed E-state index contributed by atoms with van der Waals surface area (Å²) in [6.45, 7) is 0. The molecule has 120 valence electrons. The Kier molecular flexibility index (Phi) is 4.49. The summed E-state index contributed by atoms with van der Waals surface area (Å²) in [7, 11) is 0. The van der Waals surface area contributed by atoms with Gasteiger partial charge in [-0.25, -0.2) is 0 Å². The molecule has 4 bridgehead atoms. The van der Waals surface area contributed by atoms with Crippen LogP contribution < -0.4 is 11.1 Å². The lowest BCUT2D eigenvalue weighted by atomic mass is 9.65. The molecule has 4 fully saturated rings. The largest absolute Gasteiger partial charge is 0.373 e. The zero-order valence-corrected chi connectivity index (χ0v) is 13.3. The maximum absolute atomic E-state index is 12.6. The van der Waals surface area contributed by atoms with Crippen molar-refractivity contribution in [2.75, 3.05) is 0 Å². The predicted molar refractivity (Wildman–Crippen MR) is 83.2 cm³/mol. The maximum atomic E-state index is 12.6. The van der Waals surface area contributed by atoms with Crippen LogP contribution in [0.4, 0.5) is 0 Å². The zero-order chi connectivity index (χ0) is 13.7. The average molecular weight is 315 g/mol. The Balaban J connectivity index is 0.00000132. The summed E-state index contributed by atoms with van der Waals surface area (Å²) in [4.78, 5) is 12.6. The molecule has 2 aliphatic carbocycles. The SMILES string of the molecule is Cl.NC1C2CCCC1CC(C(=O)NC1CC3CCC1O3)C2. The summed E-state index contributed by atoms with van der Waals surface area (Å²) < 4.78 is 5.83. The van der Waals surface area contributed by atoms with Crippen LogP contribution in [-0.2, 0) is 9.53 Å². The molecule has 0 radical (unpaired) electrons. The van der Waals surface area contributed by atoms with Gasteiger partial charge in [0.05, 0.1) is 18.2 Å². The van der Waals surface area contributed by atoms with E-state index in [1.165, 1.54) is 25.7 Å². The first kappa shape index (κ1) is 15.6. The first-order valence-corrected chi connectivity index (χ1v) is 8.42. The van der Waals surface area contributed by atoms with E-state index >= 15 is 0 Å². The molecular weight excluding hydrogens is 288 g/mol. The predicted octanol–water partition coefficient (Wildman–Crippen LogP) is 2.00. The number of amides is 1. The van der Waals surface area contributed by atoms with Crippen LogP contribution in [0.3, 0.4) is 0 Å². The molecule has 0 aromatic rings. The highest BCUT2D eigenvalue weighted by Crippen LogP contribution is 2.42. The van der Waals surface area contributed by atoms with E-state index in [1.54, 1.807) is 0 Å². The number of carbonyl (C=O) groups is 1. The third-order valence-corrected chi connectivity index (χ3v) is 6.22. The molecule has 4 nitrogen and oxygen atoms in total. The van der Waals surface area contributed by atoms with Crippen molar-refractivity contribution in [2.45, 2.75) is 75.7 Å². The van der Waals surface area contributed by atoms with Gasteiger partial charge in [0.1, 0.15) is 0 Å². The number of ether oxygens (including phenoxy) is 1. The van der Waals surface area contributed by atoms with Crippen molar-refractivity contribution < 1.29 is 9.53 Å². The van der Waals surface area contributed by atoms with Gasteiger partial charge in [-0.15, -0.1) is 12.4 Å². The number of nitrogens with one attached hydrogen (secondary N) is 1. The van der Waals surface area contributed by atoms with Gasteiger partial charge in [0.2, 0.25) is 5.91 Å². The van der Waals surface area contributed by atoms with Crippen LogP contribution in [0.15, 0.2) is 0 Å². The van der Waals surface area contributed by atoms with E-state index < -0.39 is 0 Å². The fourth-order valence-electron chi connectivity index (χ4n) is 5.09. The van der Waals surface area contributed by atoms with Crippen molar-refractivity contribution in [2.24, 2.45) is 23.5 Å². The Morgan fingerprint density at radius 1 is 1.05 bits per heavy atom. The second-order valence-corrected chi connectivity index (χ2v) is 7.42. The molecule has 4 aliphatic rings. The van der Waals surface area contributed by atoms with Gasteiger partial charge >= 0.3 is 0 Å². The van der Waals surface area contributed by atoms with Crippen molar-refractivity contribution in [1.29, 1.82) is 0 Å². The highest BCUT2D eigenvalue weighted by Gasteiger charge is 2.44. The van der Waals surface area contributed by atoms with Crippen LogP contribution in [0.1, 0.15) is 51.4 Å². The fraction of sp³-hybridized carbons (Fsp3) is 0.938. The summed E-state index contributed by atoms with van der Waals surface area (Å²) in [5, 5.41) is 3.28. The lowest BCUT2D eigenvalue weighted by molar-refractivity contribution is -0.129. The first-order valence-electron chi connectivity index (χ1n) is 8.42. The smallest absolute Gasteiger partial charge is 0.223 e. The van der Waals surface area contributed by atoms with Crippen LogP contribution in [0.2, 0.25) is 0 Å². The fourth-order valence-corrected chi connectivity index (χ4v) is 5.09. The van der Waals surface area contributed by atoms with Gasteiger partial charge in [-0.3, -0.25) is 4.79 Å². The second kappa shape index (κ2) is 6.05. The minimum atomic E-state index is 0. The van der Waals surface area contributed by atoms with E-state index in [2.05, 4.69) is 5.32 Å². The molecule has 4 rings (SSSR count).